The first kappa shape index (κ1) is 15.8. The molecule has 0 radical (unpaired) electrons. The molecule has 1 heterocycles. The fourth-order valence-corrected chi connectivity index (χ4v) is 3.11. The minimum atomic E-state index is -0.278. The van der Waals surface area contributed by atoms with Gasteiger partial charge < -0.3 is 9.31 Å². The number of benzene rings is 1. The molecule has 3 rings (SSSR count). The van der Waals surface area contributed by atoms with Gasteiger partial charge in [0.05, 0.1) is 11.2 Å². The summed E-state index contributed by atoms with van der Waals surface area (Å²) >= 11 is 0. The van der Waals surface area contributed by atoms with Gasteiger partial charge in [0.1, 0.15) is 0 Å². The van der Waals surface area contributed by atoms with Gasteiger partial charge in [0.15, 0.2) is 0 Å². The highest BCUT2D eigenvalue weighted by atomic mass is 16.7. The molecule has 1 aliphatic heterocycles. The molecule has 1 aliphatic carbocycles. The predicted molar refractivity (Wildman–Crippen MR) is 93.2 cm³/mol. The smallest absolute Gasteiger partial charge is 0.399 e. The van der Waals surface area contributed by atoms with Crippen LogP contribution in [0.4, 0.5) is 0 Å². The van der Waals surface area contributed by atoms with Gasteiger partial charge in [-0.25, -0.2) is 0 Å². The molecular formula is C19H27BO2. The number of allylic oxidation sites excluding steroid dienone is 2. The fraction of sp³-hybridized carbons (Fsp3) is 0.579. The quantitative estimate of drug-likeness (QED) is 0.756. The highest BCUT2D eigenvalue weighted by Crippen LogP contribution is 2.36. The van der Waals surface area contributed by atoms with Crippen LogP contribution in [0.25, 0.3) is 5.57 Å². The molecule has 0 spiro atoms. The third-order valence-corrected chi connectivity index (χ3v) is 5.35. The summed E-state index contributed by atoms with van der Waals surface area (Å²) in [5.41, 5.74) is 3.40. The van der Waals surface area contributed by atoms with Gasteiger partial charge in [-0.3, -0.25) is 0 Å². The maximum absolute atomic E-state index is 6.12. The van der Waals surface area contributed by atoms with E-state index in [-0.39, 0.29) is 18.3 Å². The predicted octanol–water partition coefficient (Wildman–Crippen LogP) is 4.33. The lowest BCUT2D eigenvalue weighted by Gasteiger charge is -2.32. The van der Waals surface area contributed by atoms with E-state index < -0.39 is 0 Å². The number of rotatable bonds is 2. The Hall–Kier alpha value is -1.06. The van der Waals surface area contributed by atoms with Crippen LogP contribution in [0.15, 0.2) is 30.3 Å². The van der Waals surface area contributed by atoms with Gasteiger partial charge in [-0.15, -0.1) is 0 Å². The molecule has 1 saturated heterocycles. The Bertz CT molecular complexity index is 541. The Morgan fingerprint density at radius 2 is 1.50 bits per heavy atom. The molecule has 0 amide bonds. The fourth-order valence-electron chi connectivity index (χ4n) is 3.11. The molecule has 1 fully saturated rings. The van der Waals surface area contributed by atoms with Crippen LogP contribution in [0, 0.1) is 0 Å². The van der Waals surface area contributed by atoms with E-state index in [0.29, 0.717) is 0 Å². The van der Waals surface area contributed by atoms with E-state index >= 15 is 0 Å². The molecule has 2 nitrogen and oxygen atoms in total. The summed E-state index contributed by atoms with van der Waals surface area (Å²) in [7, 11) is -0.262. The molecule has 0 N–H and O–H groups in total. The number of hydrogen-bond donors (Lipinski definition) is 0. The maximum Gasteiger partial charge on any atom is 0.494 e. The van der Waals surface area contributed by atoms with Gasteiger partial charge in [-0.2, -0.15) is 0 Å². The molecule has 118 valence electrons. The highest BCUT2D eigenvalue weighted by Gasteiger charge is 2.51. The molecule has 22 heavy (non-hydrogen) atoms. The number of hydrogen-bond acceptors (Lipinski definition) is 2. The average molecular weight is 298 g/mol. The summed E-state index contributed by atoms with van der Waals surface area (Å²) in [5.74, 6) is 0. The molecule has 3 heteroatoms. The minimum absolute atomic E-state index is 0.262. The molecular weight excluding hydrogens is 271 g/mol. The molecule has 0 atom stereocenters. The van der Waals surface area contributed by atoms with Crippen LogP contribution in [0.2, 0.25) is 0 Å². The highest BCUT2D eigenvalue weighted by molar-refractivity contribution is 6.62. The second-order valence-electron chi connectivity index (χ2n) is 7.54. The van der Waals surface area contributed by atoms with E-state index in [1.54, 1.807) is 0 Å². The van der Waals surface area contributed by atoms with E-state index in [2.05, 4.69) is 58.0 Å². The summed E-state index contributed by atoms with van der Waals surface area (Å²) in [5, 5.41) is 0. The summed E-state index contributed by atoms with van der Waals surface area (Å²) in [6, 6.07) is 8.75. The SMILES string of the molecule is CC1(C)OB(c2ccc(C3=CCCCCC3)cc2)OC1(C)C. The first-order valence-corrected chi connectivity index (χ1v) is 8.54. The van der Waals surface area contributed by atoms with Gasteiger partial charge >= 0.3 is 7.12 Å². The zero-order valence-electron chi connectivity index (χ0n) is 14.3. The molecule has 0 saturated carbocycles. The van der Waals surface area contributed by atoms with E-state index in [1.807, 2.05) is 0 Å². The van der Waals surface area contributed by atoms with Gasteiger partial charge in [-0.05, 0) is 70.0 Å². The molecule has 0 aromatic heterocycles. The first-order valence-electron chi connectivity index (χ1n) is 8.54. The van der Waals surface area contributed by atoms with Crippen LogP contribution in [0.5, 0.6) is 0 Å². The third kappa shape index (κ3) is 3.02. The summed E-state index contributed by atoms with van der Waals surface area (Å²) in [6.07, 6.45) is 8.83. The lowest BCUT2D eigenvalue weighted by atomic mass is 9.78. The Balaban J connectivity index is 1.76. The molecule has 2 aliphatic rings. The van der Waals surface area contributed by atoms with Gasteiger partial charge in [0.25, 0.3) is 0 Å². The Kier molecular flexibility index (Phi) is 4.22. The van der Waals surface area contributed by atoms with Crippen LogP contribution >= 0.6 is 0 Å². The maximum atomic E-state index is 6.12. The van der Waals surface area contributed by atoms with Crippen molar-refractivity contribution in [1.82, 2.24) is 0 Å². The molecule has 0 unspecified atom stereocenters. The van der Waals surface area contributed by atoms with E-state index in [4.69, 9.17) is 9.31 Å². The Morgan fingerprint density at radius 3 is 2.14 bits per heavy atom. The Morgan fingerprint density at radius 1 is 0.864 bits per heavy atom. The molecule has 0 bridgehead atoms. The zero-order chi connectivity index (χ0) is 15.8. The lowest BCUT2D eigenvalue weighted by Crippen LogP contribution is -2.41. The molecule has 1 aromatic carbocycles. The average Bonchev–Trinajstić information content (AvgIpc) is 2.67. The van der Waals surface area contributed by atoms with Crippen molar-refractivity contribution in [2.75, 3.05) is 0 Å². The van der Waals surface area contributed by atoms with Crippen molar-refractivity contribution in [3.63, 3.8) is 0 Å². The largest absolute Gasteiger partial charge is 0.494 e. The van der Waals surface area contributed by atoms with Crippen LogP contribution in [-0.2, 0) is 9.31 Å². The molecule has 1 aromatic rings. The van der Waals surface area contributed by atoms with E-state index in [0.717, 1.165) is 5.46 Å². The van der Waals surface area contributed by atoms with Crippen LogP contribution in [0.1, 0.15) is 65.4 Å². The van der Waals surface area contributed by atoms with Crippen molar-refractivity contribution >= 4 is 18.2 Å². The monoisotopic (exact) mass is 298 g/mol. The van der Waals surface area contributed by atoms with Gasteiger partial charge in [0.2, 0.25) is 0 Å². The van der Waals surface area contributed by atoms with E-state index in [9.17, 15) is 0 Å². The van der Waals surface area contributed by atoms with Crippen molar-refractivity contribution < 1.29 is 9.31 Å². The van der Waals surface area contributed by atoms with Crippen LogP contribution in [0.3, 0.4) is 0 Å². The van der Waals surface area contributed by atoms with Crippen molar-refractivity contribution in [3.8, 4) is 0 Å². The standard InChI is InChI=1S/C19H27BO2/c1-18(2)19(3,4)22-20(21-18)17-13-11-16(12-14-17)15-9-7-5-6-8-10-15/h9,11-14H,5-8,10H2,1-4H3. The lowest BCUT2D eigenvalue weighted by molar-refractivity contribution is 0.00578. The van der Waals surface area contributed by atoms with Crippen LogP contribution < -0.4 is 5.46 Å². The second kappa shape index (κ2) is 5.86. The summed E-state index contributed by atoms with van der Waals surface area (Å²) in [6.45, 7) is 8.38. The van der Waals surface area contributed by atoms with Crippen molar-refractivity contribution in [2.45, 2.75) is 71.0 Å². The van der Waals surface area contributed by atoms with Crippen molar-refractivity contribution in [3.05, 3.63) is 35.9 Å². The normalized spacial score (nSPS) is 24.0. The van der Waals surface area contributed by atoms with Crippen molar-refractivity contribution in [1.29, 1.82) is 0 Å². The topological polar surface area (TPSA) is 18.5 Å². The third-order valence-electron chi connectivity index (χ3n) is 5.35. The minimum Gasteiger partial charge on any atom is -0.399 e. The van der Waals surface area contributed by atoms with Crippen molar-refractivity contribution in [2.24, 2.45) is 0 Å². The van der Waals surface area contributed by atoms with Gasteiger partial charge in [-0.1, -0.05) is 36.8 Å². The van der Waals surface area contributed by atoms with E-state index in [1.165, 1.54) is 43.2 Å². The summed E-state index contributed by atoms with van der Waals surface area (Å²) < 4.78 is 12.2. The second-order valence-corrected chi connectivity index (χ2v) is 7.54. The van der Waals surface area contributed by atoms with Crippen LogP contribution in [-0.4, -0.2) is 18.3 Å². The summed E-state index contributed by atoms with van der Waals surface area (Å²) in [4.78, 5) is 0. The van der Waals surface area contributed by atoms with Gasteiger partial charge in [0, 0.05) is 0 Å². The Labute approximate surface area is 135 Å². The zero-order valence-corrected chi connectivity index (χ0v) is 14.3. The first-order chi connectivity index (χ1) is 10.4.